The van der Waals surface area contributed by atoms with Crippen molar-refractivity contribution < 1.29 is 27.5 Å². The lowest BCUT2D eigenvalue weighted by molar-refractivity contribution is 0.0729. The Balaban J connectivity index is 1.55. The molecular formula is C25H29N3O6S2. The molecule has 2 aromatic carbocycles. The minimum absolute atomic E-state index is 0.140. The maximum absolute atomic E-state index is 13.6. The number of hydrogen-bond acceptors (Lipinski definition) is 7. The average molecular weight is 532 g/mol. The van der Waals surface area contributed by atoms with Crippen LogP contribution in [0, 0.1) is 0 Å². The number of piperidine rings is 1. The fraction of sp³-hybridized carbons (Fsp3) is 0.360. The lowest BCUT2D eigenvalue weighted by Gasteiger charge is -2.32. The summed E-state index contributed by atoms with van der Waals surface area (Å²) in [5, 5.41) is 6.09. The second-order valence-corrected chi connectivity index (χ2v) is 11.7. The number of hydrogen-bond donors (Lipinski definition) is 2. The number of nitrogens with one attached hydrogen (secondary N) is 2. The van der Waals surface area contributed by atoms with Gasteiger partial charge in [0.15, 0.2) is 9.84 Å². The van der Waals surface area contributed by atoms with Crippen molar-refractivity contribution in [2.75, 3.05) is 39.2 Å². The van der Waals surface area contributed by atoms with Gasteiger partial charge in [0.2, 0.25) is 0 Å². The average Bonchev–Trinajstić information content (AvgIpc) is 3.25. The zero-order chi connectivity index (χ0) is 25.9. The van der Waals surface area contributed by atoms with Crippen molar-refractivity contribution in [3.63, 3.8) is 0 Å². The van der Waals surface area contributed by atoms with Crippen LogP contribution in [0.15, 0.2) is 47.4 Å². The van der Waals surface area contributed by atoms with E-state index in [9.17, 15) is 18.0 Å². The van der Waals surface area contributed by atoms with Gasteiger partial charge in [-0.2, -0.15) is 0 Å². The van der Waals surface area contributed by atoms with Gasteiger partial charge < -0.3 is 19.7 Å². The zero-order valence-corrected chi connectivity index (χ0v) is 22.0. The van der Waals surface area contributed by atoms with Crippen LogP contribution in [0.1, 0.15) is 30.1 Å². The standard InChI is InChI=1S/C25H29N3O6S2/c1-4-26-25(30)27-23-22(20-7-5-6-8-21(20)35-23)24(29)28-11-9-18(10-12-28)36(31,32)19-14-16(33-2)13-17(15-19)34-3/h5-8,13-15,18H,4,9-12H2,1-3H3,(H2,26,27,30). The number of sulfone groups is 1. The minimum atomic E-state index is -3.66. The molecule has 1 aliphatic heterocycles. The van der Waals surface area contributed by atoms with Crippen LogP contribution in [0.2, 0.25) is 0 Å². The fourth-order valence-electron chi connectivity index (χ4n) is 4.32. The molecule has 0 atom stereocenters. The number of methoxy groups -OCH3 is 2. The summed E-state index contributed by atoms with van der Waals surface area (Å²) in [6.07, 6.45) is 0.601. The van der Waals surface area contributed by atoms with E-state index in [0.717, 1.165) is 10.1 Å². The van der Waals surface area contributed by atoms with Crippen LogP contribution >= 0.6 is 11.3 Å². The predicted molar refractivity (Wildman–Crippen MR) is 140 cm³/mol. The third kappa shape index (κ3) is 5.12. The topological polar surface area (TPSA) is 114 Å². The van der Waals surface area contributed by atoms with E-state index in [1.807, 2.05) is 31.2 Å². The maximum atomic E-state index is 13.6. The molecule has 0 saturated carbocycles. The van der Waals surface area contributed by atoms with Crippen LogP contribution in [-0.2, 0) is 9.84 Å². The summed E-state index contributed by atoms with van der Waals surface area (Å²) in [6, 6.07) is 11.7. The Morgan fingerprint density at radius 2 is 1.69 bits per heavy atom. The number of carbonyl (C=O) groups is 2. The molecule has 3 aromatic rings. The molecule has 36 heavy (non-hydrogen) atoms. The van der Waals surface area contributed by atoms with E-state index in [4.69, 9.17) is 9.47 Å². The second-order valence-electron chi connectivity index (χ2n) is 8.37. The number of likely N-dealkylation sites (tertiary alicyclic amines) is 1. The Labute approximate surface area is 214 Å². The van der Waals surface area contributed by atoms with E-state index >= 15 is 0 Å². The number of amides is 3. The Morgan fingerprint density at radius 1 is 1.06 bits per heavy atom. The van der Waals surface area contributed by atoms with Crippen LogP contribution in [-0.4, -0.2) is 64.4 Å². The van der Waals surface area contributed by atoms with Crippen molar-refractivity contribution in [1.29, 1.82) is 0 Å². The Kier molecular flexibility index (Phi) is 7.70. The van der Waals surface area contributed by atoms with Gasteiger partial charge in [-0.15, -0.1) is 11.3 Å². The van der Waals surface area contributed by atoms with Gasteiger partial charge in [0, 0.05) is 35.8 Å². The molecule has 3 amide bonds. The van der Waals surface area contributed by atoms with Crippen LogP contribution in [0.4, 0.5) is 9.80 Å². The van der Waals surface area contributed by atoms with E-state index in [-0.39, 0.29) is 29.9 Å². The molecule has 1 saturated heterocycles. The second kappa shape index (κ2) is 10.8. The summed E-state index contributed by atoms with van der Waals surface area (Å²) < 4.78 is 38.1. The quantitative estimate of drug-likeness (QED) is 0.474. The van der Waals surface area contributed by atoms with Gasteiger partial charge in [0.1, 0.15) is 16.5 Å². The summed E-state index contributed by atoms with van der Waals surface area (Å²) in [5.41, 5.74) is 0.431. The summed E-state index contributed by atoms with van der Waals surface area (Å²) >= 11 is 1.34. The number of thiophene rings is 1. The van der Waals surface area contributed by atoms with Gasteiger partial charge in [-0.1, -0.05) is 18.2 Å². The highest BCUT2D eigenvalue weighted by molar-refractivity contribution is 7.92. The molecule has 11 heteroatoms. The first-order valence-corrected chi connectivity index (χ1v) is 14.0. The van der Waals surface area contributed by atoms with E-state index in [2.05, 4.69) is 10.6 Å². The van der Waals surface area contributed by atoms with Crippen LogP contribution in [0.25, 0.3) is 10.1 Å². The first-order chi connectivity index (χ1) is 17.3. The van der Waals surface area contributed by atoms with E-state index in [0.29, 0.717) is 41.4 Å². The third-order valence-electron chi connectivity index (χ3n) is 6.20. The van der Waals surface area contributed by atoms with Gasteiger partial charge >= 0.3 is 6.03 Å². The number of benzene rings is 2. The highest BCUT2D eigenvalue weighted by Crippen LogP contribution is 2.37. The van der Waals surface area contributed by atoms with Gasteiger partial charge in [0.25, 0.3) is 5.91 Å². The molecule has 2 N–H and O–H groups in total. The van der Waals surface area contributed by atoms with E-state index in [1.54, 1.807) is 11.0 Å². The van der Waals surface area contributed by atoms with Crippen LogP contribution in [0.3, 0.4) is 0 Å². The van der Waals surface area contributed by atoms with Gasteiger partial charge in [-0.25, -0.2) is 13.2 Å². The highest BCUT2D eigenvalue weighted by Gasteiger charge is 2.35. The first kappa shape index (κ1) is 25.8. The van der Waals surface area contributed by atoms with Crippen molar-refractivity contribution in [1.82, 2.24) is 10.2 Å². The lowest BCUT2D eigenvalue weighted by atomic mass is 10.1. The maximum Gasteiger partial charge on any atom is 0.319 e. The number of anilines is 1. The summed E-state index contributed by atoms with van der Waals surface area (Å²) in [7, 11) is -0.715. The van der Waals surface area contributed by atoms with Crippen molar-refractivity contribution in [2.24, 2.45) is 0 Å². The fourth-order valence-corrected chi connectivity index (χ4v) is 7.19. The van der Waals surface area contributed by atoms with Crippen molar-refractivity contribution in [2.45, 2.75) is 29.9 Å². The summed E-state index contributed by atoms with van der Waals surface area (Å²) in [5.74, 6) is 0.576. The summed E-state index contributed by atoms with van der Waals surface area (Å²) in [4.78, 5) is 27.6. The lowest BCUT2D eigenvalue weighted by Crippen LogP contribution is -2.42. The molecule has 0 radical (unpaired) electrons. The SMILES string of the molecule is CCNC(=O)Nc1sc2ccccc2c1C(=O)N1CCC(S(=O)(=O)c2cc(OC)cc(OC)c2)CC1. The number of urea groups is 1. The molecule has 0 unspecified atom stereocenters. The van der Waals surface area contributed by atoms with E-state index in [1.165, 1.54) is 37.7 Å². The zero-order valence-electron chi connectivity index (χ0n) is 20.4. The van der Waals surface area contributed by atoms with Gasteiger partial charge in [-0.05, 0) is 38.0 Å². The molecule has 1 fully saturated rings. The van der Waals surface area contributed by atoms with Crippen molar-refractivity contribution >= 4 is 48.2 Å². The summed E-state index contributed by atoms with van der Waals surface area (Å²) in [6.45, 7) is 2.85. The predicted octanol–water partition coefficient (Wildman–Crippen LogP) is 4.14. The van der Waals surface area contributed by atoms with Crippen LogP contribution < -0.4 is 20.1 Å². The van der Waals surface area contributed by atoms with Crippen LogP contribution in [0.5, 0.6) is 11.5 Å². The van der Waals surface area contributed by atoms with Gasteiger partial charge in [-0.3, -0.25) is 10.1 Å². The molecule has 4 rings (SSSR count). The monoisotopic (exact) mass is 531 g/mol. The number of fused-ring (bicyclic) bond motifs is 1. The number of nitrogens with zero attached hydrogens (tertiary/aromatic N) is 1. The molecule has 0 bridgehead atoms. The Morgan fingerprint density at radius 3 is 2.31 bits per heavy atom. The molecule has 0 spiro atoms. The van der Waals surface area contributed by atoms with Crippen molar-refractivity contribution in [3.8, 4) is 11.5 Å². The Bertz CT molecular complexity index is 1360. The van der Waals surface area contributed by atoms with Gasteiger partial charge in [0.05, 0.1) is 29.9 Å². The molecule has 1 aliphatic rings. The highest BCUT2D eigenvalue weighted by atomic mass is 32.2. The molecule has 1 aromatic heterocycles. The molecule has 0 aliphatic carbocycles. The molecule has 2 heterocycles. The molecule has 9 nitrogen and oxygen atoms in total. The van der Waals surface area contributed by atoms with Crippen molar-refractivity contribution in [3.05, 3.63) is 48.0 Å². The molecule has 192 valence electrons. The Hall–Kier alpha value is -3.31. The smallest absolute Gasteiger partial charge is 0.319 e. The third-order valence-corrected chi connectivity index (χ3v) is 9.52. The molecular weight excluding hydrogens is 502 g/mol. The number of carbonyl (C=O) groups excluding carboxylic acids is 2. The number of ether oxygens (including phenoxy) is 2. The minimum Gasteiger partial charge on any atom is -0.497 e. The first-order valence-electron chi connectivity index (χ1n) is 11.6. The largest absolute Gasteiger partial charge is 0.497 e. The number of rotatable bonds is 7. The normalized spacial score (nSPS) is 14.5. The van der Waals surface area contributed by atoms with E-state index < -0.39 is 15.1 Å².